The summed E-state index contributed by atoms with van der Waals surface area (Å²) in [6.45, 7) is 19.4. The molecule has 2 aromatic heterocycles. The number of hydrogen-bond acceptors (Lipinski definition) is 3. The second kappa shape index (κ2) is 19.0. The summed E-state index contributed by atoms with van der Waals surface area (Å²) < 4.78 is 27.6. The summed E-state index contributed by atoms with van der Waals surface area (Å²) in [7, 11) is 0. The maximum atomic E-state index is 12.4. The molecule has 346 valence electrons. The average molecular weight is 1080 g/mol. The van der Waals surface area contributed by atoms with Gasteiger partial charge in [-0.05, 0) is 104 Å². The summed E-state index contributed by atoms with van der Waals surface area (Å²) in [5.74, 6) is 0.945. The molecule has 0 bridgehead atoms. The minimum absolute atomic E-state index is 0. The van der Waals surface area contributed by atoms with Crippen LogP contribution in [0.2, 0.25) is 0 Å². The second-order valence-corrected chi connectivity index (χ2v) is 20.6. The fraction of sp³-hybridized carbons (Fsp3) is 0.238. The Morgan fingerprint density at radius 2 is 1.22 bits per heavy atom. The molecule has 1 N–H and O–H groups in total. The predicted molar refractivity (Wildman–Crippen MR) is 282 cm³/mol. The number of imidazole rings is 1. The molecular weight excluding hydrogens is 1010 g/mol. The van der Waals surface area contributed by atoms with Crippen molar-refractivity contribution in [2.75, 3.05) is 0 Å². The third-order valence-corrected chi connectivity index (χ3v) is 13.1. The molecule has 4 nitrogen and oxygen atoms in total. The Balaban J connectivity index is 0.00000676. The average Bonchev–Trinajstić information content (AvgIpc) is 3.72. The number of para-hydroxylation sites is 1. The molecule has 9 rings (SSSR count). The van der Waals surface area contributed by atoms with E-state index in [1.165, 1.54) is 11.1 Å². The van der Waals surface area contributed by atoms with E-state index in [9.17, 15) is 5.11 Å². The first-order valence-corrected chi connectivity index (χ1v) is 23.5. The summed E-state index contributed by atoms with van der Waals surface area (Å²) in [5.41, 5.74) is 16.6. The number of aromatic hydroxyl groups is 1. The Morgan fingerprint density at radius 1 is 0.574 bits per heavy atom. The Labute approximate surface area is 422 Å². The van der Waals surface area contributed by atoms with Gasteiger partial charge in [0, 0.05) is 42.6 Å². The van der Waals surface area contributed by atoms with Crippen LogP contribution in [-0.4, -0.2) is 19.6 Å². The zero-order valence-electron chi connectivity index (χ0n) is 43.8. The Kier molecular flexibility index (Phi) is 12.3. The monoisotopic (exact) mass is 1070 g/mol. The predicted octanol–water partition coefficient (Wildman–Crippen LogP) is 17.1. The zero-order chi connectivity index (χ0) is 49.9. The summed E-state index contributed by atoms with van der Waals surface area (Å²) in [4.78, 5) is 10.5. The minimum Gasteiger partial charge on any atom is -0.507 e. The van der Waals surface area contributed by atoms with Crippen LogP contribution in [0.25, 0.3) is 83.9 Å². The molecule has 0 aliphatic rings. The molecule has 0 atom stereocenters. The first-order valence-electron chi connectivity index (χ1n) is 25.0. The van der Waals surface area contributed by atoms with Crippen LogP contribution < -0.4 is 0 Å². The molecule has 5 heteroatoms. The smallest absolute Gasteiger partial charge is 0.148 e. The Hall–Kier alpha value is -6.35. The van der Waals surface area contributed by atoms with Gasteiger partial charge in [0.15, 0.2) is 0 Å². The molecule has 2 heterocycles. The first kappa shape index (κ1) is 44.2. The molecule has 0 unspecified atom stereocenters. The molecule has 9 aromatic rings. The number of pyridine rings is 1. The van der Waals surface area contributed by atoms with E-state index in [0.29, 0.717) is 11.4 Å². The van der Waals surface area contributed by atoms with E-state index in [0.717, 1.165) is 83.6 Å². The van der Waals surface area contributed by atoms with Gasteiger partial charge in [-0.15, -0.1) is 29.3 Å². The van der Waals surface area contributed by atoms with Gasteiger partial charge in [0.1, 0.15) is 11.6 Å². The van der Waals surface area contributed by atoms with Crippen LogP contribution in [0, 0.1) is 12.9 Å². The van der Waals surface area contributed by atoms with Crippen molar-refractivity contribution in [2.45, 2.75) is 98.8 Å². The molecule has 0 saturated heterocycles. The number of hydrogen-bond donors (Lipinski definition) is 1. The molecule has 0 aliphatic carbocycles. The molecule has 7 aromatic carbocycles. The van der Waals surface area contributed by atoms with Crippen molar-refractivity contribution < 1.29 is 30.3 Å². The molecule has 0 fully saturated rings. The summed E-state index contributed by atoms with van der Waals surface area (Å²) in [6.07, 6.45) is 1.87. The van der Waals surface area contributed by atoms with Crippen molar-refractivity contribution in [2.24, 2.45) is 0 Å². The van der Waals surface area contributed by atoms with Gasteiger partial charge in [0.25, 0.3) is 0 Å². The number of nitrogens with zero attached hydrogens (tertiary/aromatic N) is 3. The third-order valence-electron chi connectivity index (χ3n) is 13.1. The van der Waals surface area contributed by atoms with Gasteiger partial charge < -0.3 is 5.11 Å². The van der Waals surface area contributed by atoms with Crippen molar-refractivity contribution >= 4 is 11.0 Å². The van der Waals surface area contributed by atoms with Gasteiger partial charge in [0.2, 0.25) is 0 Å². The third kappa shape index (κ3) is 9.54. The van der Waals surface area contributed by atoms with E-state index in [4.69, 9.17) is 14.1 Å². The van der Waals surface area contributed by atoms with E-state index < -0.39 is 6.85 Å². The van der Waals surface area contributed by atoms with Crippen molar-refractivity contribution in [3.05, 3.63) is 192 Å². The van der Waals surface area contributed by atoms with Crippen LogP contribution >= 0.6 is 0 Å². The van der Waals surface area contributed by atoms with Gasteiger partial charge in [-0.3, -0.25) is 9.55 Å². The van der Waals surface area contributed by atoms with E-state index in [1.807, 2.05) is 24.4 Å². The van der Waals surface area contributed by atoms with Crippen molar-refractivity contribution in [3.63, 3.8) is 0 Å². The second-order valence-electron chi connectivity index (χ2n) is 20.6. The van der Waals surface area contributed by atoms with Crippen LogP contribution in [-0.2, 0) is 31.9 Å². The van der Waals surface area contributed by atoms with Crippen LogP contribution in [0.4, 0.5) is 0 Å². The largest absolute Gasteiger partial charge is 0.507 e. The van der Waals surface area contributed by atoms with E-state index in [1.54, 1.807) is 12.1 Å². The van der Waals surface area contributed by atoms with Gasteiger partial charge >= 0.3 is 0 Å². The fourth-order valence-corrected chi connectivity index (χ4v) is 9.01. The molecule has 68 heavy (non-hydrogen) atoms. The molecule has 0 amide bonds. The molecular formula is C63H62N3OPt-. The number of aromatic nitrogens is 3. The minimum atomic E-state index is -2.34. The van der Waals surface area contributed by atoms with Crippen LogP contribution in [0.3, 0.4) is 0 Å². The topological polar surface area (TPSA) is 50.9 Å². The first-order chi connectivity index (χ1) is 33.2. The standard InChI is InChI=1S/C63H62N3O.Pt/c1-39(2)47-36-53(40(3)4)60(67)55(37-47)61-65-59-52(18-15-19-58(59)66(61)57-29-20-41(5)32-54(57)45-25-27-50(28-26-45)62(6,7)8)48-33-49(35-51(34-48)63(9,10)11)56-38-46(30-31-64-56)44-23-21-43(22-24-44)42-16-13-12-14-17-42;/h12-32,34-40,67H,1-11H3;/q-1;/i5D3;. The fourth-order valence-electron chi connectivity index (χ4n) is 9.01. The molecule has 0 spiro atoms. The van der Waals surface area contributed by atoms with Crippen molar-refractivity contribution in [1.29, 1.82) is 0 Å². The van der Waals surface area contributed by atoms with Gasteiger partial charge in [-0.25, -0.2) is 4.98 Å². The normalized spacial score (nSPS) is 12.8. The van der Waals surface area contributed by atoms with Gasteiger partial charge in [-0.1, -0.05) is 195 Å². The quantitative estimate of drug-likeness (QED) is 0.147. The van der Waals surface area contributed by atoms with Crippen molar-refractivity contribution in [3.8, 4) is 78.6 Å². The Morgan fingerprint density at radius 3 is 1.87 bits per heavy atom. The number of rotatable bonds is 9. The maximum Gasteiger partial charge on any atom is 0.148 e. The molecule has 0 saturated carbocycles. The Bertz CT molecular complexity index is 3370. The van der Waals surface area contributed by atoms with E-state index >= 15 is 0 Å². The molecule has 0 aliphatic heterocycles. The number of fused-ring (bicyclic) bond motifs is 1. The number of aryl methyl sites for hydroxylation is 1. The van der Waals surface area contributed by atoms with Crippen molar-refractivity contribution in [1.82, 2.24) is 14.5 Å². The molecule has 0 radical (unpaired) electrons. The number of phenolic OH excluding ortho intramolecular Hbond substituents is 1. The van der Waals surface area contributed by atoms with E-state index in [-0.39, 0.29) is 55.0 Å². The van der Waals surface area contributed by atoms with Crippen LogP contribution in [0.15, 0.2) is 158 Å². The number of phenols is 1. The summed E-state index contributed by atoms with van der Waals surface area (Å²) >= 11 is 0. The summed E-state index contributed by atoms with van der Waals surface area (Å²) in [5, 5.41) is 12.4. The van der Waals surface area contributed by atoms with Gasteiger partial charge in [0.05, 0.1) is 22.3 Å². The van der Waals surface area contributed by atoms with Gasteiger partial charge in [-0.2, -0.15) is 0 Å². The zero-order valence-corrected chi connectivity index (χ0v) is 43.0. The van der Waals surface area contributed by atoms with Crippen LogP contribution in [0.1, 0.15) is 113 Å². The summed E-state index contributed by atoms with van der Waals surface area (Å²) in [6, 6.07) is 55.7. The maximum absolute atomic E-state index is 12.4. The van der Waals surface area contributed by atoms with E-state index in [2.05, 4.69) is 201 Å². The SMILES string of the molecule is [2H]C([2H])([2H])c1ccc(-n2c(-c3cc(C(C)C)cc(C(C)C)c3O)nc3c(-c4[c-]c(-c5cc(-c6ccc(-c7ccccc7)cc6)ccn5)cc(C(C)(C)C)c4)cccc32)c(-c2ccc(C(C)(C)C)cc2)c1.[Pt]. The van der Waals surface area contributed by atoms with Crippen LogP contribution in [0.5, 0.6) is 5.75 Å². The number of benzene rings is 7.